The second-order valence-electron chi connectivity index (χ2n) is 11.3. The smallest absolute Gasteiger partial charge is 0.210 e. The monoisotopic (exact) mass is 561 g/mol. The van der Waals surface area contributed by atoms with Crippen molar-refractivity contribution in [1.82, 2.24) is 0 Å². The van der Waals surface area contributed by atoms with Crippen molar-refractivity contribution in [1.29, 1.82) is 0 Å². The minimum absolute atomic E-state index is 0.0826. The Morgan fingerprint density at radius 1 is 0.619 bits per heavy atom. The van der Waals surface area contributed by atoms with Crippen LogP contribution in [-0.4, -0.2) is 17.3 Å². The molecule has 42 heavy (non-hydrogen) atoms. The molecule has 2 heterocycles. The maximum Gasteiger partial charge on any atom is 0.210 e. The number of anilines is 3. The van der Waals surface area contributed by atoms with E-state index < -0.39 is 0 Å². The van der Waals surface area contributed by atoms with Gasteiger partial charge in [0.2, 0.25) is 5.69 Å². The summed E-state index contributed by atoms with van der Waals surface area (Å²) in [4.78, 5) is 4.82. The van der Waals surface area contributed by atoms with Crippen LogP contribution >= 0.6 is 11.3 Å². The summed E-state index contributed by atoms with van der Waals surface area (Å²) in [6, 6.07) is 47.7. The number of fused-ring (bicyclic) bond motifs is 3. The molecule has 0 radical (unpaired) electrons. The van der Waals surface area contributed by atoms with E-state index in [0.717, 1.165) is 17.1 Å². The predicted molar refractivity (Wildman–Crippen MR) is 181 cm³/mol. The molecule has 204 valence electrons. The van der Waals surface area contributed by atoms with Crippen molar-refractivity contribution in [2.75, 3.05) is 11.9 Å². The first kappa shape index (κ1) is 26.2. The van der Waals surface area contributed by atoms with Crippen LogP contribution in [0.2, 0.25) is 0 Å². The van der Waals surface area contributed by atoms with E-state index in [1.165, 1.54) is 43.1 Å². The third kappa shape index (κ3) is 4.56. The van der Waals surface area contributed by atoms with E-state index >= 15 is 0 Å². The lowest BCUT2D eigenvalue weighted by Gasteiger charge is -2.25. The fraction of sp³-hybridized carbons (Fsp3) is 0.103. The Kier molecular flexibility index (Phi) is 6.60. The third-order valence-corrected chi connectivity index (χ3v) is 9.47. The van der Waals surface area contributed by atoms with E-state index in [4.69, 9.17) is 0 Å². The molecule has 0 atom stereocenters. The van der Waals surface area contributed by atoms with Gasteiger partial charge in [-0.15, -0.1) is 11.3 Å². The zero-order valence-corrected chi connectivity index (χ0v) is 25.0. The molecule has 1 aromatic heterocycles. The van der Waals surface area contributed by atoms with Gasteiger partial charge in [0.15, 0.2) is 5.71 Å². The van der Waals surface area contributed by atoms with Crippen LogP contribution in [0.25, 0.3) is 27.3 Å². The van der Waals surface area contributed by atoms with Gasteiger partial charge in [0.25, 0.3) is 0 Å². The Labute approximate surface area is 252 Å². The lowest BCUT2D eigenvalue weighted by Crippen LogP contribution is -2.26. The van der Waals surface area contributed by atoms with Crippen molar-refractivity contribution in [3.05, 3.63) is 150 Å². The molecule has 2 nitrogen and oxygen atoms in total. The van der Waals surface area contributed by atoms with E-state index in [0.29, 0.717) is 0 Å². The second-order valence-corrected chi connectivity index (χ2v) is 12.5. The number of hydrogen-bond acceptors (Lipinski definition) is 2. The molecule has 6 aromatic rings. The number of nitrogens with zero attached hydrogens (tertiary/aromatic N) is 2. The normalized spacial score (nSPS) is 14.1. The van der Waals surface area contributed by atoms with Crippen LogP contribution in [0.5, 0.6) is 0 Å². The standard InChI is InChI=1S/C39H33N2S/c1-39(2)37(40(3)35-25-20-28-12-10-11-17-34(28)38(35)39)27-24-33-23-26-36(42-33)29-18-21-32(22-19-29)41(30-13-6-4-7-14-30)31-15-8-5-9-16-31/h4-27H,1-3H3/q+1. The van der Waals surface area contributed by atoms with Gasteiger partial charge in [0.1, 0.15) is 7.05 Å². The van der Waals surface area contributed by atoms with E-state index in [9.17, 15) is 0 Å². The van der Waals surface area contributed by atoms with Crippen LogP contribution in [0.3, 0.4) is 0 Å². The van der Waals surface area contributed by atoms with Gasteiger partial charge in [-0.05, 0) is 90.9 Å². The Balaban J connectivity index is 1.15. The molecular weight excluding hydrogens is 529 g/mol. The highest BCUT2D eigenvalue weighted by atomic mass is 32.1. The molecule has 0 saturated carbocycles. The number of allylic oxidation sites excluding steroid dienone is 1. The topological polar surface area (TPSA) is 6.25 Å². The van der Waals surface area contributed by atoms with Crippen LogP contribution < -0.4 is 4.90 Å². The number of thiophene rings is 1. The van der Waals surface area contributed by atoms with Crippen molar-refractivity contribution in [3.8, 4) is 10.4 Å². The number of benzene rings is 5. The minimum Gasteiger partial charge on any atom is -0.311 e. The molecule has 0 aliphatic carbocycles. The lowest BCUT2D eigenvalue weighted by molar-refractivity contribution is -0.401. The molecule has 5 aromatic carbocycles. The molecular formula is C39H33N2S+. The minimum atomic E-state index is -0.0826. The van der Waals surface area contributed by atoms with Gasteiger partial charge in [-0.3, -0.25) is 0 Å². The Morgan fingerprint density at radius 2 is 1.24 bits per heavy atom. The molecule has 1 aliphatic rings. The fourth-order valence-electron chi connectivity index (χ4n) is 6.33. The SMILES string of the molecule is C[N+]1=C(/C=C/c2ccc(-c3ccc(N(c4ccccc4)c4ccccc4)cc3)s2)C(C)(C)c2c1ccc1ccccc21. The molecule has 3 heteroatoms. The van der Waals surface area contributed by atoms with Crippen LogP contribution in [0.1, 0.15) is 24.3 Å². The zero-order valence-electron chi connectivity index (χ0n) is 24.2. The Morgan fingerprint density at radius 3 is 1.93 bits per heavy atom. The van der Waals surface area contributed by atoms with Crippen molar-refractivity contribution in [2.45, 2.75) is 19.3 Å². The molecule has 0 spiro atoms. The van der Waals surface area contributed by atoms with E-state index in [-0.39, 0.29) is 5.41 Å². The quantitative estimate of drug-likeness (QED) is 0.183. The molecule has 0 bridgehead atoms. The van der Waals surface area contributed by atoms with Gasteiger partial charge in [0, 0.05) is 44.5 Å². The number of rotatable bonds is 6. The first-order valence-corrected chi connectivity index (χ1v) is 15.2. The third-order valence-electron chi connectivity index (χ3n) is 8.37. The van der Waals surface area contributed by atoms with Gasteiger partial charge in [0.05, 0.1) is 5.41 Å². The fourth-order valence-corrected chi connectivity index (χ4v) is 7.24. The Bertz CT molecular complexity index is 1910. The van der Waals surface area contributed by atoms with Crippen molar-refractivity contribution >= 4 is 56.6 Å². The van der Waals surface area contributed by atoms with Gasteiger partial charge >= 0.3 is 0 Å². The van der Waals surface area contributed by atoms with Gasteiger partial charge in [-0.25, -0.2) is 0 Å². The summed E-state index contributed by atoms with van der Waals surface area (Å²) in [6.07, 6.45) is 4.59. The van der Waals surface area contributed by atoms with Crippen molar-refractivity contribution in [2.24, 2.45) is 0 Å². The Hall–Kier alpha value is -4.73. The largest absolute Gasteiger partial charge is 0.311 e. The predicted octanol–water partition coefficient (Wildman–Crippen LogP) is 10.8. The van der Waals surface area contributed by atoms with E-state index in [1.54, 1.807) is 0 Å². The van der Waals surface area contributed by atoms with Crippen LogP contribution in [0.4, 0.5) is 22.7 Å². The molecule has 0 amide bonds. The maximum absolute atomic E-state index is 2.36. The highest BCUT2D eigenvalue weighted by Gasteiger charge is 2.44. The van der Waals surface area contributed by atoms with Crippen LogP contribution in [0.15, 0.2) is 140 Å². The summed E-state index contributed by atoms with van der Waals surface area (Å²) in [5.41, 5.74) is 8.60. The second kappa shape index (κ2) is 10.6. The molecule has 7 rings (SSSR count). The van der Waals surface area contributed by atoms with Crippen LogP contribution in [0, 0.1) is 0 Å². The molecule has 0 N–H and O–H groups in total. The summed E-state index contributed by atoms with van der Waals surface area (Å²) in [5, 5.41) is 2.64. The number of para-hydroxylation sites is 2. The molecule has 0 unspecified atom stereocenters. The zero-order chi connectivity index (χ0) is 28.7. The molecule has 0 saturated heterocycles. The van der Waals surface area contributed by atoms with E-state index in [1.807, 2.05) is 11.3 Å². The summed E-state index contributed by atoms with van der Waals surface area (Å²) in [7, 11) is 2.19. The van der Waals surface area contributed by atoms with Crippen molar-refractivity contribution < 1.29 is 4.58 Å². The van der Waals surface area contributed by atoms with Crippen LogP contribution in [-0.2, 0) is 5.41 Å². The highest BCUT2D eigenvalue weighted by Crippen LogP contribution is 2.44. The van der Waals surface area contributed by atoms with Gasteiger partial charge in [-0.1, -0.05) is 72.8 Å². The summed E-state index contributed by atoms with van der Waals surface area (Å²) < 4.78 is 2.36. The first-order valence-electron chi connectivity index (χ1n) is 14.4. The lowest BCUT2D eigenvalue weighted by atomic mass is 9.79. The molecule has 1 aliphatic heterocycles. The summed E-state index contributed by atoms with van der Waals surface area (Å²) in [5.74, 6) is 0. The average molecular weight is 562 g/mol. The van der Waals surface area contributed by atoms with E-state index in [2.05, 4.69) is 176 Å². The summed E-state index contributed by atoms with van der Waals surface area (Å²) in [6.45, 7) is 4.69. The van der Waals surface area contributed by atoms with Gasteiger partial charge < -0.3 is 4.90 Å². The van der Waals surface area contributed by atoms with Gasteiger partial charge in [-0.2, -0.15) is 4.58 Å². The molecule has 0 fully saturated rings. The summed E-state index contributed by atoms with van der Waals surface area (Å²) >= 11 is 1.83. The van der Waals surface area contributed by atoms with Crippen molar-refractivity contribution in [3.63, 3.8) is 0 Å². The average Bonchev–Trinajstić information content (AvgIpc) is 3.58. The first-order chi connectivity index (χ1) is 20.5. The highest BCUT2D eigenvalue weighted by molar-refractivity contribution is 7.16. The number of hydrogen-bond donors (Lipinski definition) is 0. The maximum atomic E-state index is 2.36.